The van der Waals surface area contributed by atoms with Crippen LogP contribution in [-0.4, -0.2) is 44.0 Å². The van der Waals surface area contributed by atoms with Crippen molar-refractivity contribution in [3.8, 4) is 39.8 Å². The van der Waals surface area contributed by atoms with Crippen LogP contribution in [0.15, 0.2) is 89.9 Å². The third-order valence-electron chi connectivity index (χ3n) is 6.61. The zero-order chi connectivity index (χ0) is 28.9. The maximum atomic E-state index is 14.1. The number of para-hydroxylation sites is 1. The molecule has 0 radical (unpaired) electrons. The second-order valence-electron chi connectivity index (χ2n) is 8.92. The summed E-state index contributed by atoms with van der Waals surface area (Å²) in [6.45, 7) is 0.221. The molecule has 9 heteroatoms. The highest BCUT2D eigenvalue weighted by atomic mass is 16.5. The maximum Gasteiger partial charge on any atom is 0.355 e. The molecule has 0 saturated heterocycles. The number of benzene rings is 3. The quantitative estimate of drug-likeness (QED) is 0.223. The minimum atomic E-state index is -0.688. The molecule has 0 amide bonds. The summed E-state index contributed by atoms with van der Waals surface area (Å²) < 4.78 is 29.3. The maximum absolute atomic E-state index is 14.1. The van der Waals surface area contributed by atoms with Crippen molar-refractivity contribution in [3.05, 3.63) is 107 Å². The Morgan fingerprint density at radius 3 is 2.12 bits per heavy atom. The summed E-state index contributed by atoms with van der Waals surface area (Å²) in [4.78, 5) is 31.9. The Morgan fingerprint density at radius 2 is 1.51 bits per heavy atom. The Kier molecular flexibility index (Phi) is 7.87. The van der Waals surface area contributed by atoms with Gasteiger partial charge in [0.2, 0.25) is 5.75 Å². The fourth-order valence-electron chi connectivity index (χ4n) is 4.74. The molecule has 208 valence electrons. The largest absolute Gasteiger partial charge is 0.493 e. The van der Waals surface area contributed by atoms with E-state index in [1.807, 2.05) is 24.3 Å². The second kappa shape index (κ2) is 11.8. The van der Waals surface area contributed by atoms with Gasteiger partial charge in [0.25, 0.3) is 5.56 Å². The molecule has 0 aliphatic carbocycles. The van der Waals surface area contributed by atoms with Gasteiger partial charge in [0.15, 0.2) is 11.5 Å². The van der Waals surface area contributed by atoms with Gasteiger partial charge >= 0.3 is 5.97 Å². The van der Waals surface area contributed by atoms with Crippen molar-refractivity contribution in [1.82, 2.24) is 9.55 Å². The van der Waals surface area contributed by atoms with Gasteiger partial charge in [0, 0.05) is 17.4 Å². The van der Waals surface area contributed by atoms with Gasteiger partial charge in [-0.05, 0) is 65.5 Å². The van der Waals surface area contributed by atoms with Crippen LogP contribution < -0.4 is 24.5 Å². The van der Waals surface area contributed by atoms with E-state index in [9.17, 15) is 9.59 Å². The third kappa shape index (κ3) is 5.17. The normalized spacial score (nSPS) is 10.7. The molecule has 3 aromatic carbocycles. The van der Waals surface area contributed by atoms with E-state index in [-0.39, 0.29) is 12.3 Å². The van der Waals surface area contributed by atoms with Crippen LogP contribution in [0.5, 0.6) is 23.0 Å². The fourth-order valence-corrected chi connectivity index (χ4v) is 4.74. The average Bonchev–Trinajstić information content (AvgIpc) is 3.03. The molecule has 0 saturated carbocycles. The zero-order valence-corrected chi connectivity index (χ0v) is 23.0. The Balaban J connectivity index is 1.84. The van der Waals surface area contributed by atoms with E-state index in [0.29, 0.717) is 50.6 Å². The van der Waals surface area contributed by atoms with Gasteiger partial charge in [-0.2, -0.15) is 0 Å². The first-order valence-corrected chi connectivity index (χ1v) is 12.7. The number of carbonyl (C=O) groups is 1. The lowest BCUT2D eigenvalue weighted by Crippen LogP contribution is -2.26. The number of fused-ring (bicyclic) bond motifs is 1. The summed E-state index contributed by atoms with van der Waals surface area (Å²) >= 11 is 0. The molecule has 0 aliphatic rings. The lowest BCUT2D eigenvalue weighted by atomic mass is 9.95. The summed E-state index contributed by atoms with van der Waals surface area (Å²) in [6, 6.07) is 23.1. The molecule has 2 heterocycles. The van der Waals surface area contributed by atoms with Crippen LogP contribution in [0.25, 0.3) is 27.6 Å². The molecule has 41 heavy (non-hydrogen) atoms. The highest BCUT2D eigenvalue weighted by molar-refractivity contribution is 6.07. The van der Waals surface area contributed by atoms with Gasteiger partial charge < -0.3 is 23.7 Å². The van der Waals surface area contributed by atoms with E-state index in [1.54, 1.807) is 60.8 Å². The Bertz CT molecular complexity index is 1740. The highest BCUT2D eigenvalue weighted by Crippen LogP contribution is 2.44. The number of hydrogen-bond donors (Lipinski definition) is 0. The van der Waals surface area contributed by atoms with Gasteiger partial charge in [0.05, 0.1) is 39.5 Å². The number of ether oxygens (including phenoxy) is 5. The van der Waals surface area contributed by atoms with E-state index in [1.165, 1.54) is 33.0 Å². The smallest absolute Gasteiger partial charge is 0.355 e. The molecule has 0 bridgehead atoms. The van der Waals surface area contributed by atoms with Crippen LogP contribution >= 0.6 is 0 Å². The van der Waals surface area contributed by atoms with E-state index < -0.39 is 11.5 Å². The molecule has 0 unspecified atom stereocenters. The molecule has 0 spiro atoms. The summed E-state index contributed by atoms with van der Waals surface area (Å²) in [7, 11) is 5.81. The van der Waals surface area contributed by atoms with Crippen LogP contribution in [0.2, 0.25) is 0 Å². The number of carbonyl (C=O) groups excluding carboxylic acids is 1. The van der Waals surface area contributed by atoms with E-state index in [0.717, 1.165) is 5.69 Å². The van der Waals surface area contributed by atoms with E-state index in [2.05, 4.69) is 4.98 Å². The zero-order valence-electron chi connectivity index (χ0n) is 23.0. The molecule has 9 nitrogen and oxygen atoms in total. The Hall–Kier alpha value is -5.31. The van der Waals surface area contributed by atoms with Crippen molar-refractivity contribution in [2.24, 2.45) is 0 Å². The first-order valence-electron chi connectivity index (χ1n) is 12.7. The average molecular weight is 553 g/mol. The first-order chi connectivity index (χ1) is 20.0. The van der Waals surface area contributed by atoms with Crippen molar-refractivity contribution < 1.29 is 28.5 Å². The summed E-state index contributed by atoms with van der Waals surface area (Å²) in [5, 5.41) is 0.853. The summed E-state index contributed by atoms with van der Waals surface area (Å²) in [6.07, 6.45) is 1.69. The molecule has 0 atom stereocenters. The predicted molar refractivity (Wildman–Crippen MR) is 155 cm³/mol. The molecule has 0 fully saturated rings. The third-order valence-corrected chi connectivity index (χ3v) is 6.61. The van der Waals surface area contributed by atoms with E-state index >= 15 is 0 Å². The van der Waals surface area contributed by atoms with Gasteiger partial charge in [-0.1, -0.05) is 24.3 Å². The van der Waals surface area contributed by atoms with Crippen LogP contribution in [-0.2, 0) is 11.3 Å². The number of nitrogens with zero attached hydrogens (tertiary/aromatic N) is 2. The van der Waals surface area contributed by atoms with Crippen molar-refractivity contribution in [3.63, 3.8) is 0 Å². The number of esters is 1. The molecule has 2 aromatic heterocycles. The predicted octanol–water partition coefficient (Wildman–Crippen LogP) is 5.44. The molecule has 0 aliphatic heterocycles. The van der Waals surface area contributed by atoms with Gasteiger partial charge in [-0.25, -0.2) is 4.79 Å². The fraction of sp³-hybridized carbons (Fsp3) is 0.156. The van der Waals surface area contributed by atoms with Crippen LogP contribution in [0.1, 0.15) is 16.2 Å². The topological polar surface area (TPSA) is 98.1 Å². The summed E-state index contributed by atoms with van der Waals surface area (Å²) in [5.74, 6) is 0.954. The number of methoxy groups -OCH3 is 4. The SMILES string of the molecule is COC(=O)c1c(-c2cc(OC)c(OC)c(OC)c2)c2ccc(OCc3ccccn3)cc2c(=O)n1-c1ccccc1. The van der Waals surface area contributed by atoms with Crippen molar-refractivity contribution >= 4 is 16.7 Å². The van der Waals surface area contributed by atoms with Gasteiger partial charge in [-0.15, -0.1) is 0 Å². The van der Waals surface area contributed by atoms with E-state index in [4.69, 9.17) is 23.7 Å². The van der Waals surface area contributed by atoms with Crippen molar-refractivity contribution in [2.75, 3.05) is 28.4 Å². The molecular formula is C32H28N2O7. The lowest BCUT2D eigenvalue weighted by molar-refractivity contribution is 0.0591. The Labute approximate surface area is 236 Å². The second-order valence-corrected chi connectivity index (χ2v) is 8.92. The number of rotatable bonds is 9. The van der Waals surface area contributed by atoms with Crippen molar-refractivity contribution in [1.29, 1.82) is 0 Å². The van der Waals surface area contributed by atoms with Gasteiger partial charge in [-0.3, -0.25) is 14.3 Å². The lowest BCUT2D eigenvalue weighted by Gasteiger charge is -2.21. The minimum absolute atomic E-state index is 0.0487. The molecule has 0 N–H and O–H groups in total. The summed E-state index contributed by atoms with van der Waals surface area (Å²) in [5.41, 5.74) is 1.88. The molecular weight excluding hydrogens is 524 g/mol. The molecule has 5 rings (SSSR count). The van der Waals surface area contributed by atoms with Crippen LogP contribution in [0.3, 0.4) is 0 Å². The monoisotopic (exact) mass is 552 g/mol. The van der Waals surface area contributed by atoms with Crippen LogP contribution in [0, 0.1) is 0 Å². The standard InChI is InChI=1S/C32H28N2O7/c1-37-26-16-20(17-27(38-2)30(26)39-3)28-24-14-13-23(41-19-21-10-8-9-15-33-21)18-25(24)31(35)34(29(28)32(36)40-4)22-11-6-5-7-12-22/h5-18H,19H2,1-4H3. The minimum Gasteiger partial charge on any atom is -0.493 e. The first kappa shape index (κ1) is 27.3. The highest BCUT2D eigenvalue weighted by Gasteiger charge is 2.27. The number of aromatic nitrogens is 2. The van der Waals surface area contributed by atoms with Crippen molar-refractivity contribution in [2.45, 2.75) is 6.61 Å². The number of pyridine rings is 2. The number of hydrogen-bond acceptors (Lipinski definition) is 8. The Morgan fingerprint density at radius 1 is 0.805 bits per heavy atom. The van der Waals surface area contributed by atoms with Crippen LogP contribution in [0.4, 0.5) is 0 Å². The van der Waals surface area contributed by atoms with Gasteiger partial charge in [0.1, 0.15) is 18.1 Å². The molecule has 5 aromatic rings.